The summed E-state index contributed by atoms with van der Waals surface area (Å²) in [5, 5.41) is 0.282. The minimum atomic E-state index is -5.02. The molecule has 0 heterocycles. The molecule has 0 amide bonds. The van der Waals surface area contributed by atoms with Gasteiger partial charge in [-0.05, 0) is 12.1 Å². The first-order valence-electron chi connectivity index (χ1n) is 3.99. The average molecular weight is 273 g/mol. The fraction of sp³-hybridized carbons (Fsp3) is 0.222. The van der Waals surface area contributed by atoms with Crippen molar-refractivity contribution in [1.29, 1.82) is 0 Å². The fourth-order valence-electron chi connectivity index (χ4n) is 0.890. The third kappa shape index (κ3) is 3.28. The van der Waals surface area contributed by atoms with Crippen molar-refractivity contribution in [3.8, 4) is 0 Å². The second kappa shape index (κ2) is 4.93. The molecular formula is C9H5Cl2F3O2. The van der Waals surface area contributed by atoms with Crippen LogP contribution >= 0.6 is 23.2 Å². The van der Waals surface area contributed by atoms with E-state index in [1.54, 1.807) is 0 Å². The van der Waals surface area contributed by atoms with Gasteiger partial charge in [-0.1, -0.05) is 29.3 Å². The molecule has 0 atom stereocenters. The molecule has 2 nitrogen and oxygen atoms in total. The van der Waals surface area contributed by atoms with Crippen LogP contribution < -0.4 is 0 Å². The summed E-state index contributed by atoms with van der Waals surface area (Å²) in [6.45, 7) is -0.614. The Labute approximate surface area is 98.9 Å². The number of rotatable bonds is 2. The van der Waals surface area contributed by atoms with Crippen LogP contribution in [-0.2, 0) is 16.1 Å². The zero-order valence-corrected chi connectivity index (χ0v) is 9.16. The Morgan fingerprint density at radius 3 is 2.19 bits per heavy atom. The van der Waals surface area contributed by atoms with E-state index in [0.717, 1.165) is 0 Å². The van der Waals surface area contributed by atoms with Crippen molar-refractivity contribution in [2.45, 2.75) is 12.8 Å². The molecule has 1 aromatic carbocycles. The van der Waals surface area contributed by atoms with Crippen molar-refractivity contribution in [1.82, 2.24) is 0 Å². The second-order valence-corrected chi connectivity index (χ2v) is 3.59. The second-order valence-electron chi connectivity index (χ2n) is 2.77. The molecule has 0 bridgehead atoms. The summed E-state index contributed by atoms with van der Waals surface area (Å²) in [6.07, 6.45) is -5.02. The number of halogens is 5. The Kier molecular flexibility index (Phi) is 4.04. The highest BCUT2D eigenvalue weighted by Crippen LogP contribution is 2.26. The Hall–Kier alpha value is -0.940. The van der Waals surface area contributed by atoms with Crippen molar-refractivity contribution < 1.29 is 22.7 Å². The summed E-state index contributed by atoms with van der Waals surface area (Å²) < 4.78 is 39.5. The number of benzene rings is 1. The first-order valence-corrected chi connectivity index (χ1v) is 4.75. The van der Waals surface area contributed by atoms with Crippen molar-refractivity contribution >= 4 is 29.2 Å². The Balaban J connectivity index is 2.73. The Morgan fingerprint density at radius 2 is 1.75 bits per heavy atom. The molecule has 7 heteroatoms. The summed E-state index contributed by atoms with van der Waals surface area (Å²) in [6, 6.07) is 4.40. The van der Waals surface area contributed by atoms with Gasteiger partial charge in [0.15, 0.2) is 0 Å². The summed E-state index contributed by atoms with van der Waals surface area (Å²) >= 11 is 11.3. The van der Waals surface area contributed by atoms with Crippen molar-refractivity contribution in [3.05, 3.63) is 33.8 Å². The molecule has 0 unspecified atom stereocenters. The highest BCUT2D eigenvalue weighted by Gasteiger charge is 2.41. The van der Waals surface area contributed by atoms with Gasteiger partial charge in [0.1, 0.15) is 6.61 Å². The van der Waals surface area contributed by atoms with E-state index in [2.05, 4.69) is 4.74 Å². The molecule has 0 radical (unpaired) electrons. The average Bonchev–Trinajstić information content (AvgIpc) is 2.15. The van der Waals surface area contributed by atoms with Gasteiger partial charge in [0.2, 0.25) is 0 Å². The number of esters is 1. The van der Waals surface area contributed by atoms with Crippen LogP contribution in [0.2, 0.25) is 10.0 Å². The number of carbonyl (C=O) groups is 1. The van der Waals surface area contributed by atoms with Crippen LogP contribution in [0.15, 0.2) is 18.2 Å². The summed E-state index contributed by atoms with van der Waals surface area (Å²) in [5.41, 5.74) is 0.142. The molecule has 88 valence electrons. The van der Waals surface area contributed by atoms with E-state index < -0.39 is 18.8 Å². The molecule has 0 saturated carbocycles. The molecule has 0 fully saturated rings. The SMILES string of the molecule is O=C(OCc1c(Cl)cccc1Cl)C(F)(F)F. The number of ether oxygens (including phenoxy) is 1. The molecule has 0 aliphatic heterocycles. The summed E-state index contributed by atoms with van der Waals surface area (Å²) in [7, 11) is 0. The van der Waals surface area contributed by atoms with Crippen LogP contribution in [0.25, 0.3) is 0 Å². The zero-order chi connectivity index (χ0) is 12.3. The van der Waals surface area contributed by atoms with Crippen LogP contribution in [-0.4, -0.2) is 12.1 Å². The maximum atomic E-state index is 11.8. The number of alkyl halides is 3. The van der Waals surface area contributed by atoms with Gasteiger partial charge in [0, 0.05) is 15.6 Å². The maximum absolute atomic E-state index is 11.8. The first kappa shape index (κ1) is 13.1. The van der Waals surface area contributed by atoms with Gasteiger partial charge < -0.3 is 4.74 Å². The highest BCUT2D eigenvalue weighted by molar-refractivity contribution is 6.35. The third-order valence-corrected chi connectivity index (χ3v) is 2.35. The topological polar surface area (TPSA) is 26.3 Å². The standard InChI is InChI=1S/C9H5Cl2F3O2/c10-6-2-1-3-7(11)5(6)4-16-8(15)9(12,13)14/h1-3H,4H2. The van der Waals surface area contributed by atoms with Gasteiger partial charge in [-0.2, -0.15) is 13.2 Å². The largest absolute Gasteiger partial charge is 0.490 e. The molecule has 0 aromatic heterocycles. The molecule has 0 N–H and O–H groups in total. The zero-order valence-electron chi connectivity index (χ0n) is 7.65. The third-order valence-electron chi connectivity index (χ3n) is 1.64. The van der Waals surface area contributed by atoms with E-state index >= 15 is 0 Å². The molecule has 0 saturated heterocycles. The van der Waals surface area contributed by atoms with Gasteiger partial charge in [-0.15, -0.1) is 0 Å². The van der Waals surface area contributed by atoms with Crippen molar-refractivity contribution in [2.75, 3.05) is 0 Å². The molecular weight excluding hydrogens is 268 g/mol. The van der Waals surface area contributed by atoms with E-state index in [1.807, 2.05) is 0 Å². The predicted molar refractivity (Wildman–Crippen MR) is 52.3 cm³/mol. The van der Waals surface area contributed by atoms with Crippen LogP contribution in [0.3, 0.4) is 0 Å². The first-order chi connectivity index (χ1) is 7.32. The monoisotopic (exact) mass is 272 g/mol. The fourth-order valence-corrected chi connectivity index (χ4v) is 1.40. The van der Waals surface area contributed by atoms with Crippen LogP contribution in [0.4, 0.5) is 13.2 Å². The number of hydrogen-bond acceptors (Lipinski definition) is 2. The highest BCUT2D eigenvalue weighted by atomic mass is 35.5. The van der Waals surface area contributed by atoms with E-state index in [1.165, 1.54) is 18.2 Å². The minimum absolute atomic E-state index is 0.141. The molecule has 1 rings (SSSR count). The summed E-state index contributed by atoms with van der Waals surface area (Å²) in [4.78, 5) is 10.4. The lowest BCUT2D eigenvalue weighted by Gasteiger charge is -2.09. The van der Waals surface area contributed by atoms with Crippen LogP contribution in [0, 0.1) is 0 Å². The molecule has 1 aromatic rings. The smallest absolute Gasteiger partial charge is 0.454 e. The summed E-state index contributed by atoms with van der Waals surface area (Å²) in [5.74, 6) is -2.27. The van der Waals surface area contributed by atoms with Gasteiger partial charge in [0.25, 0.3) is 0 Å². The lowest BCUT2D eigenvalue weighted by Crippen LogP contribution is -2.25. The van der Waals surface area contributed by atoms with E-state index in [4.69, 9.17) is 23.2 Å². The maximum Gasteiger partial charge on any atom is 0.490 e. The van der Waals surface area contributed by atoms with E-state index in [0.29, 0.717) is 0 Å². The molecule has 0 spiro atoms. The molecule has 16 heavy (non-hydrogen) atoms. The predicted octanol–water partition coefficient (Wildman–Crippen LogP) is 3.60. The van der Waals surface area contributed by atoms with Gasteiger partial charge in [-0.3, -0.25) is 0 Å². The quantitative estimate of drug-likeness (QED) is 0.769. The van der Waals surface area contributed by atoms with E-state index in [9.17, 15) is 18.0 Å². The number of carbonyl (C=O) groups excluding carboxylic acids is 1. The molecule has 0 aliphatic carbocycles. The normalized spacial score (nSPS) is 11.3. The van der Waals surface area contributed by atoms with Crippen LogP contribution in [0.5, 0.6) is 0 Å². The van der Waals surface area contributed by atoms with Crippen molar-refractivity contribution in [2.24, 2.45) is 0 Å². The Morgan fingerprint density at radius 1 is 1.25 bits per heavy atom. The lowest BCUT2D eigenvalue weighted by molar-refractivity contribution is -0.201. The van der Waals surface area contributed by atoms with Gasteiger partial charge in [-0.25, -0.2) is 4.79 Å². The van der Waals surface area contributed by atoms with E-state index in [-0.39, 0.29) is 15.6 Å². The minimum Gasteiger partial charge on any atom is -0.454 e. The lowest BCUT2D eigenvalue weighted by atomic mass is 10.2. The molecule has 0 aliphatic rings. The Bertz CT molecular complexity index is 384. The van der Waals surface area contributed by atoms with Gasteiger partial charge in [0.05, 0.1) is 0 Å². The van der Waals surface area contributed by atoms with Gasteiger partial charge >= 0.3 is 12.1 Å². The van der Waals surface area contributed by atoms with Crippen LogP contribution in [0.1, 0.15) is 5.56 Å². The number of hydrogen-bond donors (Lipinski definition) is 0. The van der Waals surface area contributed by atoms with Crippen molar-refractivity contribution in [3.63, 3.8) is 0 Å².